The summed E-state index contributed by atoms with van der Waals surface area (Å²) in [4.78, 5) is 4.31. The molecule has 0 unspecified atom stereocenters. The molecule has 0 aromatic carbocycles. The minimum Gasteiger partial charge on any atom is -0.356 e. The van der Waals surface area contributed by atoms with Gasteiger partial charge in [0.05, 0.1) is 12.2 Å². The van der Waals surface area contributed by atoms with Crippen LogP contribution in [0.5, 0.6) is 0 Å². The normalized spacial score (nSPS) is 18.2. The van der Waals surface area contributed by atoms with Gasteiger partial charge in [0.25, 0.3) is 0 Å². The van der Waals surface area contributed by atoms with Gasteiger partial charge >= 0.3 is 0 Å². The first kappa shape index (κ1) is 14.9. The van der Waals surface area contributed by atoms with E-state index >= 15 is 0 Å². The van der Waals surface area contributed by atoms with Gasteiger partial charge in [-0.25, -0.2) is 0 Å². The van der Waals surface area contributed by atoms with Crippen LogP contribution in [0.3, 0.4) is 0 Å². The van der Waals surface area contributed by atoms with E-state index in [4.69, 9.17) is 0 Å². The molecule has 1 fully saturated rings. The largest absolute Gasteiger partial charge is 0.356 e. The minimum atomic E-state index is 0.476. The van der Waals surface area contributed by atoms with Crippen molar-refractivity contribution in [3.05, 3.63) is 18.0 Å². The van der Waals surface area contributed by atoms with Crippen LogP contribution < -0.4 is 10.6 Å². The number of aliphatic imine (C=N–C) groups is 1. The van der Waals surface area contributed by atoms with E-state index in [1.807, 2.05) is 31.0 Å². The summed E-state index contributed by atoms with van der Waals surface area (Å²) in [7, 11) is 3.78. The predicted octanol–water partition coefficient (Wildman–Crippen LogP) is 2.06. The number of guanidine groups is 1. The molecule has 1 aromatic rings. The van der Waals surface area contributed by atoms with Crippen LogP contribution >= 0.6 is 0 Å². The Bertz CT molecular complexity index is 443. The van der Waals surface area contributed by atoms with Gasteiger partial charge in [0.15, 0.2) is 5.96 Å². The first-order chi connectivity index (χ1) is 9.69. The van der Waals surface area contributed by atoms with Crippen molar-refractivity contribution in [3.63, 3.8) is 0 Å². The van der Waals surface area contributed by atoms with Gasteiger partial charge in [-0.05, 0) is 30.7 Å². The fourth-order valence-electron chi connectivity index (χ4n) is 3.02. The number of nitrogens with one attached hydrogen (secondary N) is 2. The molecule has 0 radical (unpaired) electrons. The van der Waals surface area contributed by atoms with Gasteiger partial charge < -0.3 is 10.6 Å². The molecule has 5 nitrogen and oxygen atoms in total. The van der Waals surface area contributed by atoms with Gasteiger partial charge in [-0.15, -0.1) is 0 Å². The van der Waals surface area contributed by atoms with Crippen LogP contribution in [0.25, 0.3) is 0 Å². The first-order valence-corrected chi connectivity index (χ1v) is 7.60. The van der Waals surface area contributed by atoms with E-state index in [0.29, 0.717) is 5.41 Å². The zero-order chi connectivity index (χ0) is 14.4. The minimum absolute atomic E-state index is 0.476. The lowest BCUT2D eigenvalue weighted by Gasteiger charge is -2.28. The number of rotatable bonds is 5. The Balaban J connectivity index is 1.82. The smallest absolute Gasteiger partial charge is 0.191 e. The van der Waals surface area contributed by atoms with E-state index in [0.717, 1.165) is 24.7 Å². The molecule has 20 heavy (non-hydrogen) atoms. The highest BCUT2D eigenvalue weighted by atomic mass is 15.3. The average molecular weight is 277 g/mol. The molecule has 2 rings (SSSR count). The van der Waals surface area contributed by atoms with Crippen LogP contribution in [0, 0.1) is 5.41 Å². The number of aromatic nitrogens is 2. The first-order valence-electron chi connectivity index (χ1n) is 7.60. The van der Waals surface area contributed by atoms with Gasteiger partial charge in [0, 0.05) is 26.8 Å². The summed E-state index contributed by atoms with van der Waals surface area (Å²) in [5.74, 6) is 0.880. The van der Waals surface area contributed by atoms with Crippen LogP contribution in [-0.2, 0) is 13.6 Å². The molecule has 0 bridgehead atoms. The molecule has 1 saturated carbocycles. The summed E-state index contributed by atoms with van der Waals surface area (Å²) in [5, 5.41) is 11.0. The van der Waals surface area contributed by atoms with E-state index in [2.05, 4.69) is 27.6 Å². The van der Waals surface area contributed by atoms with Crippen LogP contribution in [-0.4, -0.2) is 29.3 Å². The maximum Gasteiger partial charge on any atom is 0.191 e. The van der Waals surface area contributed by atoms with Gasteiger partial charge in [-0.2, -0.15) is 5.10 Å². The van der Waals surface area contributed by atoms with E-state index in [-0.39, 0.29) is 0 Å². The second kappa shape index (κ2) is 6.77. The van der Waals surface area contributed by atoms with Gasteiger partial charge in [-0.1, -0.05) is 19.8 Å². The molecule has 0 aliphatic heterocycles. The van der Waals surface area contributed by atoms with E-state index in [9.17, 15) is 0 Å². The Morgan fingerprint density at radius 2 is 2.15 bits per heavy atom. The van der Waals surface area contributed by atoms with E-state index in [1.165, 1.54) is 32.1 Å². The summed E-state index contributed by atoms with van der Waals surface area (Å²) >= 11 is 0. The van der Waals surface area contributed by atoms with E-state index < -0.39 is 0 Å². The third-order valence-corrected chi connectivity index (χ3v) is 4.63. The topological polar surface area (TPSA) is 54.2 Å². The van der Waals surface area contributed by atoms with Gasteiger partial charge in [0.1, 0.15) is 0 Å². The third kappa shape index (κ3) is 3.52. The van der Waals surface area contributed by atoms with Crippen LogP contribution in [0.4, 0.5) is 0 Å². The Morgan fingerprint density at radius 3 is 2.70 bits per heavy atom. The SMILES string of the molecule is CCC1(CNC(=NC)NCc2ccnn2C)CCCC1. The number of hydrogen-bond acceptors (Lipinski definition) is 2. The molecule has 112 valence electrons. The zero-order valence-corrected chi connectivity index (χ0v) is 12.9. The summed E-state index contributed by atoms with van der Waals surface area (Å²) in [6.45, 7) is 4.07. The molecule has 2 N–H and O–H groups in total. The Morgan fingerprint density at radius 1 is 1.40 bits per heavy atom. The monoisotopic (exact) mass is 277 g/mol. The summed E-state index contributed by atoms with van der Waals surface area (Å²) in [6, 6.07) is 2.02. The van der Waals surface area contributed by atoms with Crippen LogP contribution in [0.15, 0.2) is 17.3 Å². The number of hydrogen-bond donors (Lipinski definition) is 2. The fraction of sp³-hybridized carbons (Fsp3) is 0.733. The lowest BCUT2D eigenvalue weighted by Crippen LogP contribution is -2.42. The molecule has 0 atom stereocenters. The van der Waals surface area contributed by atoms with Crippen molar-refractivity contribution in [1.82, 2.24) is 20.4 Å². The average Bonchev–Trinajstić information content (AvgIpc) is 3.09. The fourth-order valence-corrected chi connectivity index (χ4v) is 3.02. The molecule has 1 aliphatic rings. The summed E-state index contributed by atoms with van der Waals surface area (Å²) in [6.07, 6.45) is 8.49. The maximum atomic E-state index is 4.31. The molecule has 0 spiro atoms. The maximum absolute atomic E-state index is 4.31. The van der Waals surface area contributed by atoms with Crippen molar-refractivity contribution >= 4 is 5.96 Å². The van der Waals surface area contributed by atoms with Crippen molar-refractivity contribution in [2.45, 2.75) is 45.6 Å². The molecule has 0 saturated heterocycles. The lowest BCUT2D eigenvalue weighted by atomic mass is 9.83. The molecule has 1 aliphatic carbocycles. The molecule has 0 amide bonds. The quantitative estimate of drug-likeness (QED) is 0.640. The van der Waals surface area contributed by atoms with Gasteiger partial charge in [-0.3, -0.25) is 9.67 Å². The van der Waals surface area contributed by atoms with Crippen molar-refractivity contribution in [1.29, 1.82) is 0 Å². The molecular formula is C15H27N5. The molecule has 5 heteroatoms. The molecule has 1 heterocycles. The standard InChI is InChI=1S/C15H27N5/c1-4-15(8-5-6-9-15)12-18-14(16-2)17-11-13-7-10-19-20(13)3/h7,10H,4-6,8-9,11-12H2,1-3H3,(H2,16,17,18). The van der Waals surface area contributed by atoms with Crippen molar-refractivity contribution in [2.75, 3.05) is 13.6 Å². The van der Waals surface area contributed by atoms with Crippen LogP contribution in [0.2, 0.25) is 0 Å². The van der Waals surface area contributed by atoms with Crippen LogP contribution in [0.1, 0.15) is 44.7 Å². The number of nitrogens with zero attached hydrogens (tertiary/aromatic N) is 3. The van der Waals surface area contributed by atoms with Crippen molar-refractivity contribution < 1.29 is 0 Å². The second-order valence-electron chi connectivity index (χ2n) is 5.79. The highest BCUT2D eigenvalue weighted by Crippen LogP contribution is 2.40. The number of aryl methyl sites for hydroxylation is 1. The Kier molecular flexibility index (Phi) is 5.04. The Labute approximate surface area is 121 Å². The van der Waals surface area contributed by atoms with Crippen molar-refractivity contribution in [3.8, 4) is 0 Å². The zero-order valence-electron chi connectivity index (χ0n) is 12.9. The molecular weight excluding hydrogens is 250 g/mol. The molecule has 1 aromatic heterocycles. The second-order valence-corrected chi connectivity index (χ2v) is 5.79. The Hall–Kier alpha value is -1.52. The highest BCUT2D eigenvalue weighted by Gasteiger charge is 2.31. The third-order valence-electron chi connectivity index (χ3n) is 4.63. The van der Waals surface area contributed by atoms with Gasteiger partial charge in [0.2, 0.25) is 0 Å². The lowest BCUT2D eigenvalue weighted by molar-refractivity contribution is 0.283. The highest BCUT2D eigenvalue weighted by molar-refractivity contribution is 5.79. The summed E-state index contributed by atoms with van der Waals surface area (Å²) in [5.41, 5.74) is 1.63. The predicted molar refractivity (Wildman–Crippen MR) is 82.6 cm³/mol. The van der Waals surface area contributed by atoms with E-state index in [1.54, 1.807) is 0 Å². The van der Waals surface area contributed by atoms with Crippen molar-refractivity contribution in [2.24, 2.45) is 17.5 Å². The summed E-state index contributed by atoms with van der Waals surface area (Å²) < 4.78 is 1.88.